The summed E-state index contributed by atoms with van der Waals surface area (Å²) >= 11 is 0. The maximum Gasteiger partial charge on any atom is 0.0649 e. The maximum absolute atomic E-state index is 7.00. The van der Waals surface area contributed by atoms with E-state index in [1.807, 2.05) is 0 Å². The molecule has 0 bridgehead atoms. The molecule has 2 aliphatic rings. The number of fused-ring (bicyclic) bond motifs is 1. The average Bonchev–Trinajstić information content (AvgIpc) is 3.06. The topological polar surface area (TPSA) is 55.5 Å². The summed E-state index contributed by atoms with van der Waals surface area (Å²) < 4.78 is 5.83. The van der Waals surface area contributed by atoms with Crippen LogP contribution in [-0.2, 0) is 17.6 Å². The molecule has 0 amide bonds. The second-order valence-corrected chi connectivity index (χ2v) is 7.73. The lowest BCUT2D eigenvalue weighted by Gasteiger charge is -2.25. The highest BCUT2D eigenvalue weighted by Crippen LogP contribution is 2.36. The molecule has 3 nitrogen and oxygen atoms in total. The maximum atomic E-state index is 7.00. The minimum absolute atomic E-state index is 0.415. The van der Waals surface area contributed by atoms with Crippen molar-refractivity contribution in [3.8, 4) is 0 Å². The van der Waals surface area contributed by atoms with Gasteiger partial charge in [0.25, 0.3) is 0 Å². The standard InChI is InChI=1S/C21H31NO.CH4O/c1-15(2)9-10-23-14-16-3-4-18-12-19(6-5-17(18)11-16)20-7-8-21(22)13-20;1-2/h5-6,9,12,16,20-21H,3-4,7-8,10-11,13-14,22H2,1-2H3;2H,1H3. The first-order valence-electron chi connectivity index (χ1n) is 9.65. The Morgan fingerprint density at radius 2 is 2.00 bits per heavy atom. The van der Waals surface area contributed by atoms with Crippen molar-refractivity contribution in [3.05, 3.63) is 46.5 Å². The van der Waals surface area contributed by atoms with E-state index < -0.39 is 0 Å². The van der Waals surface area contributed by atoms with Crippen LogP contribution in [0.3, 0.4) is 0 Å². The predicted molar refractivity (Wildman–Crippen MR) is 105 cm³/mol. The molecule has 3 heteroatoms. The van der Waals surface area contributed by atoms with Crippen LogP contribution < -0.4 is 5.73 Å². The van der Waals surface area contributed by atoms with Gasteiger partial charge in [-0.25, -0.2) is 0 Å². The summed E-state index contributed by atoms with van der Waals surface area (Å²) in [4.78, 5) is 0. The third-order valence-corrected chi connectivity index (χ3v) is 5.47. The highest BCUT2D eigenvalue weighted by molar-refractivity contribution is 5.36. The molecule has 3 unspecified atom stereocenters. The fourth-order valence-electron chi connectivity index (χ4n) is 4.03. The molecule has 1 saturated carbocycles. The molecule has 140 valence electrons. The lowest BCUT2D eigenvalue weighted by Crippen LogP contribution is -2.19. The zero-order valence-electron chi connectivity index (χ0n) is 16.1. The lowest BCUT2D eigenvalue weighted by molar-refractivity contribution is 0.116. The number of aliphatic hydroxyl groups excluding tert-OH is 1. The summed E-state index contributed by atoms with van der Waals surface area (Å²) in [6.07, 6.45) is 9.42. The minimum Gasteiger partial charge on any atom is -0.400 e. The summed E-state index contributed by atoms with van der Waals surface area (Å²) in [5, 5.41) is 7.00. The van der Waals surface area contributed by atoms with Crippen molar-refractivity contribution in [3.63, 3.8) is 0 Å². The van der Waals surface area contributed by atoms with E-state index in [0.29, 0.717) is 17.9 Å². The second kappa shape index (κ2) is 10.1. The summed E-state index contributed by atoms with van der Waals surface area (Å²) in [6.45, 7) is 5.89. The summed E-state index contributed by atoms with van der Waals surface area (Å²) in [6, 6.07) is 7.61. The number of aliphatic hydroxyl groups is 1. The zero-order chi connectivity index (χ0) is 18.2. The van der Waals surface area contributed by atoms with E-state index in [1.165, 1.54) is 55.2 Å². The minimum atomic E-state index is 0.415. The SMILES string of the molecule is CC(C)=CCOCC1CCc2cc(C3CCC(N)C3)ccc2C1.CO. The highest BCUT2D eigenvalue weighted by Gasteiger charge is 2.25. The molecule has 3 rings (SSSR count). The first kappa shape index (κ1) is 20.2. The Kier molecular flexibility index (Phi) is 8.14. The molecule has 1 aromatic rings. The number of aryl methyl sites for hydroxylation is 1. The van der Waals surface area contributed by atoms with Gasteiger partial charge >= 0.3 is 0 Å². The van der Waals surface area contributed by atoms with E-state index in [0.717, 1.165) is 20.3 Å². The number of ether oxygens (including phenoxy) is 1. The van der Waals surface area contributed by atoms with Crippen LogP contribution in [-0.4, -0.2) is 31.5 Å². The number of allylic oxidation sites excluding steroid dienone is 1. The summed E-state index contributed by atoms with van der Waals surface area (Å²) in [5.41, 5.74) is 12.0. The van der Waals surface area contributed by atoms with Gasteiger partial charge in [0.05, 0.1) is 13.2 Å². The molecule has 1 aromatic carbocycles. The van der Waals surface area contributed by atoms with Gasteiger partial charge in [0, 0.05) is 13.2 Å². The second-order valence-electron chi connectivity index (χ2n) is 7.73. The fraction of sp³-hybridized carbons (Fsp3) is 0.636. The first-order valence-corrected chi connectivity index (χ1v) is 9.65. The van der Waals surface area contributed by atoms with Crippen LogP contribution in [0.4, 0.5) is 0 Å². The van der Waals surface area contributed by atoms with Crippen molar-refractivity contribution >= 4 is 0 Å². The number of nitrogens with two attached hydrogens (primary N) is 1. The van der Waals surface area contributed by atoms with Crippen LogP contribution in [0.5, 0.6) is 0 Å². The highest BCUT2D eigenvalue weighted by atomic mass is 16.5. The zero-order valence-corrected chi connectivity index (χ0v) is 16.1. The van der Waals surface area contributed by atoms with Gasteiger partial charge in [-0.15, -0.1) is 0 Å². The van der Waals surface area contributed by atoms with E-state index in [9.17, 15) is 0 Å². The van der Waals surface area contributed by atoms with Crippen molar-refractivity contribution in [2.45, 2.75) is 64.3 Å². The van der Waals surface area contributed by atoms with Crippen LogP contribution in [0.15, 0.2) is 29.8 Å². The van der Waals surface area contributed by atoms with Crippen LogP contribution in [0, 0.1) is 5.92 Å². The molecule has 0 spiro atoms. The van der Waals surface area contributed by atoms with Crippen molar-refractivity contribution < 1.29 is 9.84 Å². The Morgan fingerprint density at radius 1 is 1.20 bits per heavy atom. The van der Waals surface area contributed by atoms with Gasteiger partial charge in [-0.2, -0.15) is 0 Å². The average molecular weight is 346 g/mol. The number of hydrogen-bond acceptors (Lipinski definition) is 3. The molecule has 0 saturated heterocycles. The third kappa shape index (κ3) is 5.95. The monoisotopic (exact) mass is 345 g/mol. The van der Waals surface area contributed by atoms with E-state index in [2.05, 4.69) is 38.1 Å². The quantitative estimate of drug-likeness (QED) is 0.627. The first-order chi connectivity index (χ1) is 12.1. The fourth-order valence-corrected chi connectivity index (χ4v) is 4.03. The van der Waals surface area contributed by atoms with Gasteiger partial charge in [0.1, 0.15) is 0 Å². The molecule has 1 fully saturated rings. The number of benzene rings is 1. The molecular formula is C22H35NO2. The summed E-state index contributed by atoms with van der Waals surface area (Å²) in [5.74, 6) is 1.37. The van der Waals surface area contributed by atoms with Gasteiger partial charge in [-0.3, -0.25) is 0 Å². The van der Waals surface area contributed by atoms with Gasteiger partial charge < -0.3 is 15.6 Å². The molecule has 0 heterocycles. The van der Waals surface area contributed by atoms with Crippen LogP contribution >= 0.6 is 0 Å². The van der Waals surface area contributed by atoms with Crippen LogP contribution in [0.25, 0.3) is 0 Å². The predicted octanol–water partition coefficient (Wildman–Crippen LogP) is 3.98. The van der Waals surface area contributed by atoms with Crippen molar-refractivity contribution in [1.82, 2.24) is 0 Å². The van der Waals surface area contributed by atoms with Gasteiger partial charge in [-0.05, 0) is 80.9 Å². The molecular weight excluding hydrogens is 310 g/mol. The lowest BCUT2D eigenvalue weighted by atomic mass is 9.82. The molecule has 0 aliphatic heterocycles. The van der Waals surface area contributed by atoms with E-state index >= 15 is 0 Å². The molecule has 2 aliphatic carbocycles. The largest absolute Gasteiger partial charge is 0.400 e. The Morgan fingerprint density at radius 3 is 2.68 bits per heavy atom. The Bertz CT molecular complexity index is 563. The third-order valence-electron chi connectivity index (χ3n) is 5.47. The smallest absolute Gasteiger partial charge is 0.0649 e. The van der Waals surface area contributed by atoms with Gasteiger partial charge in [0.2, 0.25) is 0 Å². The van der Waals surface area contributed by atoms with Crippen LogP contribution in [0.2, 0.25) is 0 Å². The molecule has 0 aromatic heterocycles. The Balaban J connectivity index is 0.00000109. The molecule has 25 heavy (non-hydrogen) atoms. The summed E-state index contributed by atoms with van der Waals surface area (Å²) in [7, 11) is 1.00. The van der Waals surface area contributed by atoms with Crippen molar-refractivity contribution in [2.75, 3.05) is 20.3 Å². The number of rotatable bonds is 5. The van der Waals surface area contributed by atoms with Crippen molar-refractivity contribution in [1.29, 1.82) is 0 Å². The Labute approximate surface area is 153 Å². The van der Waals surface area contributed by atoms with E-state index in [1.54, 1.807) is 5.56 Å². The molecule has 3 atom stereocenters. The van der Waals surface area contributed by atoms with E-state index in [4.69, 9.17) is 15.6 Å². The normalized spacial score (nSPS) is 24.9. The Hall–Kier alpha value is -1.16. The van der Waals surface area contributed by atoms with Crippen LogP contribution in [0.1, 0.15) is 62.1 Å². The van der Waals surface area contributed by atoms with Gasteiger partial charge in [0.15, 0.2) is 0 Å². The molecule has 3 N–H and O–H groups in total. The molecule has 0 radical (unpaired) electrons. The van der Waals surface area contributed by atoms with Gasteiger partial charge in [-0.1, -0.05) is 29.8 Å². The number of hydrogen-bond donors (Lipinski definition) is 2. The van der Waals surface area contributed by atoms with Crippen molar-refractivity contribution in [2.24, 2.45) is 11.7 Å². The van der Waals surface area contributed by atoms with E-state index in [-0.39, 0.29) is 0 Å².